The number of aliphatic imine (C=N–C) groups is 1. The maximum Gasteiger partial charge on any atom is 0.0385 e. The normalized spacial score (nSPS) is 10.3. The van der Waals surface area contributed by atoms with Gasteiger partial charge in [-0.2, -0.15) is 0 Å². The molecular weight excluding hydrogens is 74.1 g/mol. The van der Waals surface area contributed by atoms with E-state index in [4.69, 9.17) is 0 Å². The van der Waals surface area contributed by atoms with Gasteiger partial charge in [0.05, 0.1) is 0 Å². The Labute approximate surface area is 39.1 Å². The standard InChI is InChI=1S/C5H10N/c1-3-5-6-4-2/h4H,1,3,5H2,2H3. The molecule has 0 saturated heterocycles. The molecule has 0 bridgehead atoms. The van der Waals surface area contributed by atoms with Gasteiger partial charge in [0.15, 0.2) is 0 Å². The van der Waals surface area contributed by atoms with Crippen LogP contribution in [0.25, 0.3) is 0 Å². The minimum absolute atomic E-state index is 0.872. The van der Waals surface area contributed by atoms with E-state index in [9.17, 15) is 0 Å². The molecule has 0 aromatic rings. The molecule has 0 aliphatic heterocycles. The average molecular weight is 84.1 g/mol. The third-order valence-electron chi connectivity index (χ3n) is 0.470. The summed E-state index contributed by atoms with van der Waals surface area (Å²) in [5, 5.41) is 0. The molecule has 35 valence electrons. The second kappa shape index (κ2) is 4.67. The topological polar surface area (TPSA) is 12.4 Å². The molecule has 0 rings (SSSR count). The first-order chi connectivity index (χ1) is 2.91. The van der Waals surface area contributed by atoms with Crippen LogP contribution in [0.15, 0.2) is 4.99 Å². The van der Waals surface area contributed by atoms with E-state index in [1.54, 1.807) is 6.21 Å². The Morgan fingerprint density at radius 1 is 1.83 bits per heavy atom. The summed E-state index contributed by atoms with van der Waals surface area (Å²) in [7, 11) is 0. The van der Waals surface area contributed by atoms with E-state index in [0.717, 1.165) is 13.0 Å². The number of nitrogens with zero attached hydrogens (tertiary/aromatic N) is 1. The van der Waals surface area contributed by atoms with Crippen LogP contribution in [-0.2, 0) is 0 Å². The maximum atomic E-state index is 3.90. The van der Waals surface area contributed by atoms with Crippen molar-refractivity contribution in [1.82, 2.24) is 0 Å². The van der Waals surface area contributed by atoms with Crippen LogP contribution in [-0.4, -0.2) is 12.8 Å². The fourth-order valence-electron chi connectivity index (χ4n) is 0.220. The molecule has 0 spiro atoms. The van der Waals surface area contributed by atoms with Crippen LogP contribution in [0.1, 0.15) is 13.3 Å². The van der Waals surface area contributed by atoms with Gasteiger partial charge in [-0.3, -0.25) is 4.99 Å². The van der Waals surface area contributed by atoms with Gasteiger partial charge in [0.25, 0.3) is 0 Å². The van der Waals surface area contributed by atoms with Crippen molar-refractivity contribution in [2.75, 3.05) is 6.54 Å². The molecule has 1 radical (unpaired) electrons. The third-order valence-corrected chi connectivity index (χ3v) is 0.470. The van der Waals surface area contributed by atoms with E-state index in [1.165, 1.54) is 0 Å². The lowest BCUT2D eigenvalue weighted by molar-refractivity contribution is 1.01. The first kappa shape index (κ1) is 5.67. The molecule has 1 nitrogen and oxygen atoms in total. The van der Waals surface area contributed by atoms with Crippen molar-refractivity contribution < 1.29 is 0 Å². The van der Waals surface area contributed by atoms with Crippen LogP contribution in [0.5, 0.6) is 0 Å². The SMILES string of the molecule is [CH2]CCN=CC. The van der Waals surface area contributed by atoms with E-state index >= 15 is 0 Å². The van der Waals surface area contributed by atoms with Crippen molar-refractivity contribution in [3.05, 3.63) is 6.92 Å². The highest BCUT2D eigenvalue weighted by Gasteiger charge is 1.65. The van der Waals surface area contributed by atoms with Gasteiger partial charge in [0.2, 0.25) is 0 Å². The quantitative estimate of drug-likeness (QED) is 0.447. The highest BCUT2D eigenvalue weighted by atomic mass is 14.7. The summed E-state index contributed by atoms with van der Waals surface area (Å²) in [6.07, 6.45) is 2.70. The molecule has 0 aromatic carbocycles. The summed E-state index contributed by atoms with van der Waals surface area (Å²) in [6.45, 7) is 6.39. The molecular formula is C5H10N. The Morgan fingerprint density at radius 3 is 2.67 bits per heavy atom. The van der Waals surface area contributed by atoms with Gasteiger partial charge < -0.3 is 0 Å². The first-order valence-corrected chi connectivity index (χ1v) is 2.15. The van der Waals surface area contributed by atoms with Crippen LogP contribution in [0, 0.1) is 6.92 Å². The summed E-state index contributed by atoms with van der Waals surface area (Å²) in [5.41, 5.74) is 0. The number of hydrogen-bond acceptors (Lipinski definition) is 1. The number of rotatable bonds is 2. The zero-order valence-electron chi connectivity index (χ0n) is 4.15. The molecule has 0 heterocycles. The van der Waals surface area contributed by atoms with E-state index in [-0.39, 0.29) is 0 Å². The largest absolute Gasteiger partial charge is 0.298 e. The van der Waals surface area contributed by atoms with Crippen LogP contribution in [0.4, 0.5) is 0 Å². The molecule has 0 aromatic heterocycles. The Kier molecular flexibility index (Phi) is 4.41. The molecule has 6 heavy (non-hydrogen) atoms. The zero-order valence-corrected chi connectivity index (χ0v) is 4.15. The fraction of sp³-hybridized carbons (Fsp3) is 0.600. The number of hydrogen-bond donors (Lipinski definition) is 0. The van der Waals surface area contributed by atoms with Crippen molar-refractivity contribution in [3.63, 3.8) is 0 Å². The van der Waals surface area contributed by atoms with E-state index in [2.05, 4.69) is 11.9 Å². The van der Waals surface area contributed by atoms with Crippen LogP contribution in [0.3, 0.4) is 0 Å². The van der Waals surface area contributed by atoms with Gasteiger partial charge >= 0.3 is 0 Å². The molecule has 0 aliphatic carbocycles. The molecule has 0 aliphatic rings. The summed E-state index contributed by atoms with van der Waals surface area (Å²) in [6, 6.07) is 0. The lowest BCUT2D eigenvalue weighted by Crippen LogP contribution is -1.71. The Morgan fingerprint density at radius 2 is 2.50 bits per heavy atom. The maximum absolute atomic E-state index is 3.90. The Balaban J connectivity index is 2.66. The lowest BCUT2D eigenvalue weighted by Gasteiger charge is -1.77. The smallest absolute Gasteiger partial charge is 0.0385 e. The summed E-state index contributed by atoms with van der Waals surface area (Å²) in [5.74, 6) is 0. The highest BCUT2D eigenvalue weighted by molar-refractivity contribution is 5.53. The minimum Gasteiger partial charge on any atom is -0.298 e. The van der Waals surface area contributed by atoms with Crippen molar-refractivity contribution >= 4 is 6.21 Å². The monoisotopic (exact) mass is 84.1 g/mol. The van der Waals surface area contributed by atoms with Gasteiger partial charge in [-0.25, -0.2) is 0 Å². The van der Waals surface area contributed by atoms with Gasteiger partial charge in [-0.15, -0.1) is 0 Å². The van der Waals surface area contributed by atoms with Crippen LogP contribution < -0.4 is 0 Å². The Hall–Kier alpha value is -0.330. The molecule has 0 atom stereocenters. The van der Waals surface area contributed by atoms with Crippen molar-refractivity contribution in [2.45, 2.75) is 13.3 Å². The Bertz CT molecular complexity index is 39.2. The van der Waals surface area contributed by atoms with Crippen LogP contribution in [0.2, 0.25) is 0 Å². The first-order valence-electron chi connectivity index (χ1n) is 2.15. The van der Waals surface area contributed by atoms with Crippen molar-refractivity contribution in [3.8, 4) is 0 Å². The van der Waals surface area contributed by atoms with Crippen LogP contribution >= 0.6 is 0 Å². The summed E-state index contributed by atoms with van der Waals surface area (Å²) >= 11 is 0. The van der Waals surface area contributed by atoms with Gasteiger partial charge in [0, 0.05) is 6.54 Å². The molecule has 0 N–H and O–H groups in total. The molecule has 1 heteroatoms. The van der Waals surface area contributed by atoms with Gasteiger partial charge in [0.1, 0.15) is 0 Å². The minimum atomic E-state index is 0.872. The second-order valence-electron chi connectivity index (χ2n) is 1.02. The second-order valence-corrected chi connectivity index (χ2v) is 1.02. The predicted molar refractivity (Wildman–Crippen MR) is 29.0 cm³/mol. The average Bonchev–Trinajstić information content (AvgIpc) is 1.61. The summed E-state index contributed by atoms with van der Waals surface area (Å²) in [4.78, 5) is 3.90. The lowest BCUT2D eigenvalue weighted by atomic mass is 10.5. The molecule has 0 saturated carbocycles. The molecule has 0 fully saturated rings. The molecule has 0 unspecified atom stereocenters. The van der Waals surface area contributed by atoms with Gasteiger partial charge in [-0.1, -0.05) is 6.92 Å². The van der Waals surface area contributed by atoms with E-state index in [0.29, 0.717) is 0 Å². The summed E-state index contributed by atoms with van der Waals surface area (Å²) < 4.78 is 0. The van der Waals surface area contributed by atoms with Gasteiger partial charge in [-0.05, 0) is 19.6 Å². The predicted octanol–water partition coefficient (Wildman–Crippen LogP) is 1.30. The molecule has 0 amide bonds. The third kappa shape index (κ3) is 3.67. The van der Waals surface area contributed by atoms with E-state index in [1.807, 2.05) is 6.92 Å². The van der Waals surface area contributed by atoms with Crippen molar-refractivity contribution in [2.24, 2.45) is 4.99 Å². The highest BCUT2D eigenvalue weighted by Crippen LogP contribution is 1.71. The zero-order chi connectivity index (χ0) is 4.83. The fourth-order valence-corrected chi connectivity index (χ4v) is 0.220. The van der Waals surface area contributed by atoms with E-state index < -0.39 is 0 Å². The van der Waals surface area contributed by atoms with Crippen molar-refractivity contribution in [1.29, 1.82) is 0 Å².